The fourth-order valence-electron chi connectivity index (χ4n) is 2.15. The highest BCUT2D eigenvalue weighted by Gasteiger charge is 2.00. The number of benzene rings is 2. The van der Waals surface area contributed by atoms with Gasteiger partial charge in [-0.3, -0.25) is 0 Å². The summed E-state index contributed by atoms with van der Waals surface area (Å²) in [7, 11) is 0. The maximum Gasteiger partial charge on any atom is 0.315 e. The molecule has 0 fully saturated rings. The van der Waals surface area contributed by atoms with Gasteiger partial charge in [0.1, 0.15) is 0 Å². The molecule has 0 unspecified atom stereocenters. The molecule has 0 saturated carbocycles. The highest BCUT2D eigenvalue weighted by atomic mass is 79.9. The summed E-state index contributed by atoms with van der Waals surface area (Å²) in [5.41, 5.74) is 2.43. The van der Waals surface area contributed by atoms with Crippen LogP contribution >= 0.6 is 15.9 Å². The van der Waals surface area contributed by atoms with E-state index in [0.29, 0.717) is 13.1 Å². The van der Waals surface area contributed by atoms with Crippen LogP contribution in [0.25, 0.3) is 0 Å². The van der Waals surface area contributed by atoms with Crippen molar-refractivity contribution in [2.75, 3.05) is 6.54 Å². The zero-order chi connectivity index (χ0) is 15.6. The average molecular weight is 361 g/mol. The van der Waals surface area contributed by atoms with Crippen LogP contribution in [0.15, 0.2) is 59.1 Å². The molecule has 0 aliphatic heterocycles. The van der Waals surface area contributed by atoms with Gasteiger partial charge in [-0.1, -0.05) is 58.4 Å². The lowest BCUT2D eigenvalue weighted by molar-refractivity contribution is 0.240. The first-order valence-corrected chi connectivity index (χ1v) is 8.33. The van der Waals surface area contributed by atoms with Gasteiger partial charge in [0.15, 0.2) is 0 Å². The molecule has 0 spiro atoms. The number of amides is 2. The summed E-state index contributed by atoms with van der Waals surface area (Å²) in [4.78, 5) is 11.7. The van der Waals surface area contributed by atoms with Gasteiger partial charge >= 0.3 is 6.03 Å². The van der Waals surface area contributed by atoms with Gasteiger partial charge in [-0.25, -0.2) is 4.79 Å². The highest BCUT2D eigenvalue weighted by molar-refractivity contribution is 9.10. The van der Waals surface area contributed by atoms with Crippen molar-refractivity contribution in [1.82, 2.24) is 10.6 Å². The van der Waals surface area contributed by atoms with E-state index in [9.17, 15) is 4.79 Å². The van der Waals surface area contributed by atoms with Crippen molar-refractivity contribution in [3.63, 3.8) is 0 Å². The summed E-state index contributed by atoms with van der Waals surface area (Å²) in [6, 6.07) is 18.2. The number of hydrogen-bond donors (Lipinski definition) is 2. The van der Waals surface area contributed by atoms with Crippen LogP contribution < -0.4 is 10.6 Å². The third kappa shape index (κ3) is 6.31. The molecule has 4 heteroatoms. The molecular weight excluding hydrogens is 340 g/mol. The molecule has 0 aliphatic rings. The zero-order valence-electron chi connectivity index (χ0n) is 12.5. The Balaban J connectivity index is 1.55. The smallest absolute Gasteiger partial charge is 0.315 e. The summed E-state index contributed by atoms with van der Waals surface area (Å²) < 4.78 is 1.04. The lowest BCUT2D eigenvalue weighted by atomic mass is 10.1. The van der Waals surface area contributed by atoms with E-state index in [-0.39, 0.29) is 6.03 Å². The quantitative estimate of drug-likeness (QED) is 0.711. The van der Waals surface area contributed by atoms with Crippen LogP contribution in [-0.2, 0) is 13.0 Å². The molecule has 2 rings (SSSR count). The second kappa shape index (κ2) is 9.26. The van der Waals surface area contributed by atoms with Crippen LogP contribution in [0.2, 0.25) is 0 Å². The van der Waals surface area contributed by atoms with E-state index in [0.717, 1.165) is 29.3 Å². The topological polar surface area (TPSA) is 41.1 Å². The van der Waals surface area contributed by atoms with Crippen LogP contribution in [0.1, 0.15) is 24.0 Å². The second-order valence-corrected chi connectivity index (χ2v) is 6.09. The third-order valence-corrected chi connectivity index (χ3v) is 3.92. The number of carbonyl (C=O) groups excluding carboxylic acids is 1. The van der Waals surface area contributed by atoms with Gasteiger partial charge in [0, 0.05) is 17.6 Å². The number of aryl methyl sites for hydroxylation is 1. The molecule has 0 aromatic heterocycles. The van der Waals surface area contributed by atoms with Crippen molar-refractivity contribution in [2.24, 2.45) is 0 Å². The summed E-state index contributed by atoms with van der Waals surface area (Å²) in [5.74, 6) is 0. The van der Waals surface area contributed by atoms with Gasteiger partial charge in [0.25, 0.3) is 0 Å². The molecule has 2 N–H and O–H groups in total. The maximum atomic E-state index is 11.7. The molecule has 0 bridgehead atoms. The third-order valence-electron chi connectivity index (χ3n) is 3.39. The second-order valence-electron chi connectivity index (χ2n) is 5.18. The fraction of sp³-hybridized carbons (Fsp3) is 0.278. The molecule has 3 nitrogen and oxygen atoms in total. The Labute approximate surface area is 140 Å². The van der Waals surface area contributed by atoms with Crippen LogP contribution in [0.3, 0.4) is 0 Å². The Morgan fingerprint density at radius 3 is 2.32 bits per heavy atom. The van der Waals surface area contributed by atoms with Crippen molar-refractivity contribution in [2.45, 2.75) is 25.8 Å². The van der Waals surface area contributed by atoms with E-state index in [1.807, 2.05) is 30.3 Å². The molecule has 116 valence electrons. The summed E-state index contributed by atoms with van der Waals surface area (Å²) in [6.07, 6.45) is 3.13. The molecule has 0 atom stereocenters. The van der Waals surface area contributed by atoms with E-state index in [1.165, 1.54) is 5.56 Å². The first-order valence-electron chi connectivity index (χ1n) is 7.54. The predicted molar refractivity (Wildman–Crippen MR) is 93.8 cm³/mol. The minimum Gasteiger partial charge on any atom is -0.338 e. The lowest BCUT2D eigenvalue weighted by Crippen LogP contribution is -2.35. The first kappa shape index (κ1) is 16.6. The molecule has 2 aromatic carbocycles. The van der Waals surface area contributed by atoms with Gasteiger partial charge in [-0.2, -0.15) is 0 Å². The number of hydrogen-bond acceptors (Lipinski definition) is 1. The van der Waals surface area contributed by atoms with E-state index >= 15 is 0 Å². The predicted octanol–water partition coefficient (Wildman–Crippen LogP) is 4.27. The Kier molecular flexibility index (Phi) is 6.97. The molecule has 0 heterocycles. The van der Waals surface area contributed by atoms with E-state index in [4.69, 9.17) is 0 Å². The molecule has 2 aromatic rings. The lowest BCUT2D eigenvalue weighted by Gasteiger charge is -2.08. The van der Waals surface area contributed by atoms with Crippen LogP contribution in [-0.4, -0.2) is 12.6 Å². The number of rotatable bonds is 7. The van der Waals surface area contributed by atoms with E-state index in [1.54, 1.807) is 0 Å². The molecule has 22 heavy (non-hydrogen) atoms. The average Bonchev–Trinajstić information content (AvgIpc) is 2.55. The van der Waals surface area contributed by atoms with Crippen molar-refractivity contribution < 1.29 is 4.79 Å². The molecule has 0 radical (unpaired) electrons. The summed E-state index contributed by atoms with van der Waals surface area (Å²) in [6.45, 7) is 1.25. The first-order chi connectivity index (χ1) is 10.7. The van der Waals surface area contributed by atoms with E-state index in [2.05, 4.69) is 50.8 Å². The van der Waals surface area contributed by atoms with E-state index < -0.39 is 0 Å². The van der Waals surface area contributed by atoms with Gasteiger partial charge in [-0.05, 0) is 42.5 Å². The Morgan fingerprint density at radius 1 is 0.864 bits per heavy atom. The van der Waals surface area contributed by atoms with Crippen LogP contribution in [0.5, 0.6) is 0 Å². The number of carbonyl (C=O) groups is 1. The number of unbranched alkanes of at least 4 members (excludes halogenated alkanes) is 1. The van der Waals surface area contributed by atoms with Crippen molar-refractivity contribution >= 4 is 22.0 Å². The monoisotopic (exact) mass is 360 g/mol. The van der Waals surface area contributed by atoms with Gasteiger partial charge < -0.3 is 10.6 Å². The largest absolute Gasteiger partial charge is 0.338 e. The Hall–Kier alpha value is -1.81. The molecule has 0 aliphatic carbocycles. The number of halogens is 1. The minimum atomic E-state index is -0.109. The van der Waals surface area contributed by atoms with Gasteiger partial charge in [-0.15, -0.1) is 0 Å². The van der Waals surface area contributed by atoms with Crippen LogP contribution in [0.4, 0.5) is 4.79 Å². The summed E-state index contributed by atoms with van der Waals surface area (Å²) >= 11 is 3.39. The minimum absolute atomic E-state index is 0.109. The van der Waals surface area contributed by atoms with Crippen LogP contribution in [0, 0.1) is 0 Å². The molecule has 2 amide bonds. The Bertz CT molecular complexity index is 569. The van der Waals surface area contributed by atoms with Gasteiger partial charge in [0.2, 0.25) is 0 Å². The van der Waals surface area contributed by atoms with Crippen molar-refractivity contribution in [1.29, 1.82) is 0 Å². The Morgan fingerprint density at radius 2 is 1.59 bits per heavy atom. The standard InChI is InChI=1S/C18H21BrN2O/c19-17-11-9-16(10-12-17)14-21-18(22)20-13-5-4-8-15-6-2-1-3-7-15/h1-3,6-7,9-12H,4-5,8,13-14H2,(H2,20,21,22). The SMILES string of the molecule is O=C(NCCCCc1ccccc1)NCc1ccc(Br)cc1. The zero-order valence-corrected chi connectivity index (χ0v) is 14.1. The normalized spacial score (nSPS) is 10.2. The number of urea groups is 1. The van der Waals surface area contributed by atoms with Gasteiger partial charge in [0.05, 0.1) is 0 Å². The summed E-state index contributed by atoms with van der Waals surface area (Å²) in [5, 5.41) is 5.75. The number of nitrogens with one attached hydrogen (secondary N) is 2. The van der Waals surface area contributed by atoms with Crippen molar-refractivity contribution in [3.8, 4) is 0 Å². The fourth-order valence-corrected chi connectivity index (χ4v) is 2.41. The molecule has 0 saturated heterocycles. The maximum absolute atomic E-state index is 11.7. The molecular formula is C18H21BrN2O. The van der Waals surface area contributed by atoms with Crippen molar-refractivity contribution in [3.05, 3.63) is 70.2 Å². The highest BCUT2D eigenvalue weighted by Crippen LogP contribution is 2.10.